The molecule has 1 aliphatic heterocycles. The number of para-hydroxylation sites is 1. The van der Waals surface area contributed by atoms with Crippen LogP contribution >= 0.6 is 0 Å². The van der Waals surface area contributed by atoms with Crippen molar-refractivity contribution in [2.45, 2.75) is 17.1 Å². The van der Waals surface area contributed by atoms with Crippen molar-refractivity contribution in [3.05, 3.63) is 48.5 Å². The molecule has 2 amide bonds. The fourth-order valence-electron chi connectivity index (χ4n) is 2.50. The Morgan fingerprint density at radius 1 is 1.15 bits per heavy atom. The Hall–Kier alpha value is -3.00. The molecule has 0 saturated heterocycles. The predicted molar refractivity (Wildman–Crippen MR) is 96.5 cm³/mol. The zero-order valence-electron chi connectivity index (χ0n) is 13.9. The Morgan fingerprint density at radius 3 is 2.54 bits per heavy atom. The number of ketones is 1. The van der Waals surface area contributed by atoms with Crippen LogP contribution in [0.15, 0.2) is 53.4 Å². The Morgan fingerprint density at radius 2 is 1.85 bits per heavy atom. The lowest BCUT2D eigenvalue weighted by Gasteiger charge is -2.22. The molecule has 8 heteroatoms. The van der Waals surface area contributed by atoms with E-state index in [-0.39, 0.29) is 0 Å². The molecule has 2 N–H and O–H groups in total. The Labute approximate surface area is 152 Å². The van der Waals surface area contributed by atoms with Crippen molar-refractivity contribution < 1.29 is 23.3 Å². The van der Waals surface area contributed by atoms with Crippen molar-refractivity contribution in [3.8, 4) is 5.75 Å². The largest absolute Gasteiger partial charge is 0.494 e. The van der Waals surface area contributed by atoms with Crippen LogP contribution < -0.4 is 15.4 Å². The van der Waals surface area contributed by atoms with Gasteiger partial charge >= 0.3 is 0 Å². The van der Waals surface area contributed by atoms with Crippen LogP contribution in [0.4, 0.5) is 11.4 Å². The molecule has 2 aromatic rings. The number of rotatable bonds is 5. The van der Waals surface area contributed by atoms with Crippen LogP contribution in [0.1, 0.15) is 6.92 Å². The Balaban J connectivity index is 1.75. The van der Waals surface area contributed by atoms with Gasteiger partial charge in [0.2, 0.25) is 11.7 Å². The third kappa shape index (κ3) is 3.50. The summed E-state index contributed by atoms with van der Waals surface area (Å²) in [7, 11) is -1.94. The quantitative estimate of drug-likeness (QED) is 0.615. The zero-order chi connectivity index (χ0) is 18.7. The minimum Gasteiger partial charge on any atom is -0.494 e. The summed E-state index contributed by atoms with van der Waals surface area (Å²) in [5.74, 6) is -2.18. The molecule has 0 spiro atoms. The van der Waals surface area contributed by atoms with E-state index < -0.39 is 33.6 Å². The van der Waals surface area contributed by atoms with Gasteiger partial charge in [0.1, 0.15) is 5.75 Å². The predicted octanol–water partition coefficient (Wildman–Crippen LogP) is 1.72. The molecule has 2 aromatic carbocycles. The van der Waals surface area contributed by atoms with E-state index in [0.717, 1.165) is 0 Å². The number of Topliss-reactive ketones (excluding diaryl/α,β-unsaturated/α-hetero) is 1. The molecule has 0 fully saturated rings. The molecule has 2 unspecified atom stereocenters. The van der Waals surface area contributed by atoms with E-state index in [0.29, 0.717) is 28.6 Å². The summed E-state index contributed by atoms with van der Waals surface area (Å²) < 4.78 is 17.9. The van der Waals surface area contributed by atoms with Gasteiger partial charge in [0.05, 0.1) is 28.0 Å². The van der Waals surface area contributed by atoms with E-state index in [1.807, 2.05) is 6.92 Å². The number of hydrogen-bond acceptors (Lipinski definition) is 5. The van der Waals surface area contributed by atoms with Crippen molar-refractivity contribution in [3.63, 3.8) is 0 Å². The van der Waals surface area contributed by atoms with Gasteiger partial charge in [-0.25, -0.2) is 0 Å². The normalized spacial score (nSPS) is 18.4. The molecule has 0 bridgehead atoms. The van der Waals surface area contributed by atoms with Gasteiger partial charge < -0.3 is 15.4 Å². The van der Waals surface area contributed by atoms with Crippen molar-refractivity contribution >= 4 is 39.8 Å². The number of hydrogen-bond donors (Lipinski definition) is 2. The summed E-state index contributed by atoms with van der Waals surface area (Å²) in [6.07, 6.45) is 0. The first kappa shape index (κ1) is 17.8. The lowest BCUT2D eigenvalue weighted by Crippen LogP contribution is -2.46. The maximum Gasteiger partial charge on any atom is 0.293 e. The van der Waals surface area contributed by atoms with Crippen LogP contribution in [0.3, 0.4) is 0 Å². The summed E-state index contributed by atoms with van der Waals surface area (Å²) in [6, 6.07) is 12.9. The van der Waals surface area contributed by atoms with Crippen LogP contribution in [0.5, 0.6) is 5.75 Å². The molecule has 26 heavy (non-hydrogen) atoms. The van der Waals surface area contributed by atoms with E-state index >= 15 is 0 Å². The van der Waals surface area contributed by atoms with Crippen molar-refractivity contribution in [1.82, 2.24) is 0 Å². The maximum absolute atomic E-state index is 12.6. The van der Waals surface area contributed by atoms with Crippen LogP contribution in [-0.2, 0) is 25.2 Å². The fraction of sp³-hybridized carbons (Fsp3) is 0.167. The van der Waals surface area contributed by atoms with E-state index in [4.69, 9.17) is 4.74 Å². The number of carbonyl (C=O) groups excluding carboxylic acids is 3. The Bertz CT molecular complexity index is 895. The molecule has 0 aliphatic carbocycles. The second-order valence-electron chi connectivity index (χ2n) is 5.44. The number of benzene rings is 2. The summed E-state index contributed by atoms with van der Waals surface area (Å²) >= 11 is 0. The van der Waals surface area contributed by atoms with Gasteiger partial charge in [-0.05, 0) is 43.3 Å². The van der Waals surface area contributed by atoms with Crippen molar-refractivity contribution in [2.75, 3.05) is 17.2 Å². The van der Waals surface area contributed by atoms with E-state index in [2.05, 4.69) is 10.6 Å². The first-order chi connectivity index (χ1) is 12.5. The number of amides is 2. The number of carbonyl (C=O) groups is 3. The fourth-order valence-corrected chi connectivity index (χ4v) is 3.85. The second-order valence-corrected chi connectivity index (χ2v) is 6.94. The van der Waals surface area contributed by atoms with Gasteiger partial charge in [-0.2, -0.15) is 0 Å². The van der Waals surface area contributed by atoms with E-state index in [1.54, 1.807) is 48.5 Å². The first-order valence-corrected chi connectivity index (χ1v) is 9.11. The number of nitrogens with one attached hydrogen (secondary N) is 2. The van der Waals surface area contributed by atoms with Crippen LogP contribution in [-0.4, -0.2) is 33.7 Å². The zero-order valence-corrected chi connectivity index (χ0v) is 14.7. The van der Waals surface area contributed by atoms with Crippen molar-refractivity contribution in [1.29, 1.82) is 0 Å². The lowest BCUT2D eigenvalue weighted by atomic mass is 10.2. The first-order valence-electron chi connectivity index (χ1n) is 7.89. The highest BCUT2D eigenvalue weighted by atomic mass is 32.2. The third-order valence-corrected chi connectivity index (χ3v) is 5.34. The summed E-state index contributed by atoms with van der Waals surface area (Å²) in [5, 5.41) is 3.35. The molecular weight excluding hydrogens is 356 g/mol. The van der Waals surface area contributed by atoms with Crippen LogP contribution in [0.25, 0.3) is 0 Å². The molecule has 134 valence electrons. The topological polar surface area (TPSA) is 102 Å². The van der Waals surface area contributed by atoms with Crippen LogP contribution in [0.2, 0.25) is 0 Å². The van der Waals surface area contributed by atoms with Crippen LogP contribution in [0, 0.1) is 0 Å². The summed E-state index contributed by atoms with van der Waals surface area (Å²) in [5.41, 5.74) is 0.751. The van der Waals surface area contributed by atoms with Gasteiger partial charge in [0.15, 0.2) is 5.25 Å². The highest BCUT2D eigenvalue weighted by molar-refractivity contribution is 7.87. The van der Waals surface area contributed by atoms with Crippen molar-refractivity contribution in [2.24, 2.45) is 0 Å². The average Bonchev–Trinajstić information content (AvgIpc) is 2.63. The monoisotopic (exact) mass is 372 g/mol. The summed E-state index contributed by atoms with van der Waals surface area (Å²) in [6.45, 7) is 2.36. The molecule has 1 heterocycles. The molecule has 3 rings (SSSR count). The van der Waals surface area contributed by atoms with Gasteiger partial charge in [0, 0.05) is 5.69 Å². The SMILES string of the molecule is CCOc1ccc(NC(=O)C(=O)C2C(=O)Nc3ccccc3S2=O)cc1. The van der Waals surface area contributed by atoms with Gasteiger partial charge in [-0.3, -0.25) is 18.6 Å². The maximum atomic E-state index is 12.6. The van der Waals surface area contributed by atoms with Gasteiger partial charge in [-0.15, -0.1) is 0 Å². The standard InChI is InChI=1S/C18H16N2O5S/c1-2-25-12-9-7-11(8-10-12)19-17(22)15(21)16-18(23)20-13-5-3-4-6-14(13)26(16)24/h3-10,16H,2H2,1H3,(H,19,22)(H,20,23). The number of ether oxygens (including phenoxy) is 1. The molecular formula is C18H16N2O5S. The molecule has 1 aliphatic rings. The smallest absolute Gasteiger partial charge is 0.293 e. The highest BCUT2D eigenvalue weighted by Gasteiger charge is 2.41. The number of fused-ring (bicyclic) bond motifs is 1. The molecule has 0 saturated carbocycles. The average molecular weight is 372 g/mol. The highest BCUT2D eigenvalue weighted by Crippen LogP contribution is 2.27. The third-order valence-electron chi connectivity index (χ3n) is 3.70. The second kappa shape index (κ2) is 7.49. The summed E-state index contributed by atoms with van der Waals surface area (Å²) in [4.78, 5) is 37.1. The molecule has 2 atom stereocenters. The molecule has 0 aromatic heterocycles. The Kier molecular flexibility index (Phi) is 5.13. The molecule has 0 radical (unpaired) electrons. The lowest BCUT2D eigenvalue weighted by molar-refractivity contribution is -0.136. The van der Waals surface area contributed by atoms with Gasteiger partial charge in [-0.1, -0.05) is 12.1 Å². The minimum absolute atomic E-state index is 0.319. The van der Waals surface area contributed by atoms with E-state index in [1.165, 1.54) is 0 Å². The molecule has 7 nitrogen and oxygen atoms in total. The minimum atomic E-state index is -1.94. The number of anilines is 2. The van der Waals surface area contributed by atoms with E-state index in [9.17, 15) is 18.6 Å². The van der Waals surface area contributed by atoms with Gasteiger partial charge in [0.25, 0.3) is 5.91 Å².